The molecular formula is C16H14NO. The Labute approximate surface area is 106 Å². The lowest BCUT2D eigenvalue weighted by Gasteiger charge is -1.98. The van der Waals surface area contributed by atoms with Gasteiger partial charge in [0.1, 0.15) is 5.52 Å². The first kappa shape index (κ1) is 11.0. The molecule has 1 aromatic heterocycles. The summed E-state index contributed by atoms with van der Waals surface area (Å²) in [5, 5.41) is 0. The zero-order valence-electron chi connectivity index (χ0n) is 10.7. The average Bonchev–Trinajstić information content (AvgIpc) is 2.73. The molecule has 2 nitrogen and oxygen atoms in total. The van der Waals surface area contributed by atoms with E-state index in [1.165, 1.54) is 11.1 Å². The SMILES string of the molecule is Cc1[c]cccc1-c1nc2cc(C)c(C)cc2o1. The molecule has 0 spiro atoms. The predicted molar refractivity (Wildman–Crippen MR) is 72.5 cm³/mol. The van der Waals surface area contributed by atoms with E-state index in [0.29, 0.717) is 5.89 Å². The molecule has 3 rings (SSSR count). The second-order valence-corrected chi connectivity index (χ2v) is 4.63. The summed E-state index contributed by atoms with van der Waals surface area (Å²) >= 11 is 0. The van der Waals surface area contributed by atoms with Crippen molar-refractivity contribution in [2.45, 2.75) is 20.8 Å². The molecule has 0 atom stereocenters. The molecule has 89 valence electrons. The molecule has 0 amide bonds. The Morgan fingerprint density at radius 1 is 1.11 bits per heavy atom. The van der Waals surface area contributed by atoms with Crippen molar-refractivity contribution in [3.05, 3.63) is 53.1 Å². The molecule has 2 aromatic carbocycles. The molecule has 3 aromatic rings. The maximum atomic E-state index is 5.84. The summed E-state index contributed by atoms with van der Waals surface area (Å²) in [5.74, 6) is 0.671. The van der Waals surface area contributed by atoms with Crippen LogP contribution in [-0.4, -0.2) is 4.98 Å². The minimum Gasteiger partial charge on any atom is -0.436 e. The first-order chi connectivity index (χ1) is 8.65. The average molecular weight is 236 g/mol. The van der Waals surface area contributed by atoms with Crippen LogP contribution in [0, 0.1) is 26.8 Å². The van der Waals surface area contributed by atoms with E-state index in [-0.39, 0.29) is 0 Å². The van der Waals surface area contributed by atoms with Gasteiger partial charge in [-0.25, -0.2) is 4.98 Å². The smallest absolute Gasteiger partial charge is 0.227 e. The summed E-state index contributed by atoms with van der Waals surface area (Å²) < 4.78 is 5.84. The lowest BCUT2D eigenvalue weighted by atomic mass is 10.1. The number of oxazole rings is 1. The molecule has 0 unspecified atom stereocenters. The summed E-state index contributed by atoms with van der Waals surface area (Å²) in [6.45, 7) is 6.18. The molecule has 0 saturated carbocycles. The highest BCUT2D eigenvalue weighted by molar-refractivity contribution is 5.78. The van der Waals surface area contributed by atoms with E-state index in [0.717, 1.165) is 22.2 Å². The summed E-state index contributed by atoms with van der Waals surface area (Å²) in [6, 6.07) is 13.1. The van der Waals surface area contributed by atoms with E-state index in [4.69, 9.17) is 4.42 Å². The molecule has 0 aliphatic carbocycles. The van der Waals surface area contributed by atoms with Crippen molar-refractivity contribution in [3.63, 3.8) is 0 Å². The molecule has 0 N–H and O–H groups in total. The minimum atomic E-state index is 0.671. The Morgan fingerprint density at radius 2 is 1.89 bits per heavy atom. The monoisotopic (exact) mass is 236 g/mol. The van der Waals surface area contributed by atoms with E-state index < -0.39 is 0 Å². The van der Waals surface area contributed by atoms with Gasteiger partial charge >= 0.3 is 0 Å². The number of rotatable bonds is 1. The number of aromatic nitrogens is 1. The van der Waals surface area contributed by atoms with Crippen LogP contribution in [0.4, 0.5) is 0 Å². The number of hydrogen-bond donors (Lipinski definition) is 0. The maximum Gasteiger partial charge on any atom is 0.227 e. The van der Waals surface area contributed by atoms with Gasteiger partial charge in [-0.3, -0.25) is 0 Å². The molecule has 1 radical (unpaired) electrons. The van der Waals surface area contributed by atoms with E-state index in [9.17, 15) is 0 Å². The molecule has 0 fully saturated rings. The topological polar surface area (TPSA) is 26.0 Å². The third-order valence-corrected chi connectivity index (χ3v) is 3.30. The standard InChI is InChI=1S/C16H14NO/c1-10-6-4-5-7-13(10)16-17-14-8-11(2)12(3)9-15(14)18-16/h4-5,7-9H,1-3H3. The van der Waals surface area contributed by atoms with Gasteiger partial charge in [0, 0.05) is 5.56 Å². The van der Waals surface area contributed by atoms with Gasteiger partial charge in [-0.15, -0.1) is 0 Å². The van der Waals surface area contributed by atoms with Crippen LogP contribution in [0.3, 0.4) is 0 Å². The molecule has 2 heteroatoms. The zero-order chi connectivity index (χ0) is 12.7. The fourth-order valence-corrected chi connectivity index (χ4v) is 2.05. The Bertz CT molecular complexity index is 686. The minimum absolute atomic E-state index is 0.671. The van der Waals surface area contributed by atoms with Crippen LogP contribution in [0.15, 0.2) is 34.7 Å². The van der Waals surface area contributed by atoms with Crippen LogP contribution in [0.1, 0.15) is 16.7 Å². The molecule has 0 bridgehead atoms. The number of aryl methyl sites for hydroxylation is 3. The van der Waals surface area contributed by atoms with Crippen LogP contribution in [0.25, 0.3) is 22.6 Å². The van der Waals surface area contributed by atoms with Crippen molar-refractivity contribution >= 4 is 11.1 Å². The van der Waals surface area contributed by atoms with Gasteiger partial charge in [0.2, 0.25) is 5.89 Å². The molecule has 18 heavy (non-hydrogen) atoms. The summed E-state index contributed by atoms with van der Waals surface area (Å²) in [4.78, 5) is 4.56. The van der Waals surface area contributed by atoms with E-state index in [1.54, 1.807) is 0 Å². The first-order valence-electron chi connectivity index (χ1n) is 6.00. The van der Waals surface area contributed by atoms with Gasteiger partial charge in [0.15, 0.2) is 5.58 Å². The summed E-state index contributed by atoms with van der Waals surface area (Å²) in [6.07, 6.45) is 0. The Morgan fingerprint density at radius 3 is 2.67 bits per heavy atom. The van der Waals surface area contributed by atoms with Crippen molar-refractivity contribution < 1.29 is 4.42 Å². The summed E-state index contributed by atoms with van der Waals surface area (Å²) in [7, 11) is 0. The van der Waals surface area contributed by atoms with Crippen molar-refractivity contribution in [3.8, 4) is 11.5 Å². The Balaban J connectivity index is 2.23. The third kappa shape index (κ3) is 1.70. The number of fused-ring (bicyclic) bond motifs is 1. The Kier molecular flexibility index (Phi) is 2.44. The highest BCUT2D eigenvalue weighted by atomic mass is 16.3. The van der Waals surface area contributed by atoms with Crippen LogP contribution < -0.4 is 0 Å². The van der Waals surface area contributed by atoms with Gasteiger partial charge in [0.25, 0.3) is 0 Å². The second-order valence-electron chi connectivity index (χ2n) is 4.63. The zero-order valence-corrected chi connectivity index (χ0v) is 10.7. The largest absolute Gasteiger partial charge is 0.436 e. The number of hydrogen-bond acceptors (Lipinski definition) is 2. The van der Waals surface area contributed by atoms with Gasteiger partial charge in [-0.1, -0.05) is 12.1 Å². The lowest BCUT2D eigenvalue weighted by Crippen LogP contribution is -1.82. The van der Waals surface area contributed by atoms with E-state index >= 15 is 0 Å². The first-order valence-corrected chi connectivity index (χ1v) is 6.00. The van der Waals surface area contributed by atoms with Crippen LogP contribution in [-0.2, 0) is 0 Å². The van der Waals surface area contributed by atoms with Crippen LogP contribution in [0.2, 0.25) is 0 Å². The fourth-order valence-electron chi connectivity index (χ4n) is 2.05. The van der Waals surface area contributed by atoms with Crippen molar-refractivity contribution in [1.82, 2.24) is 4.98 Å². The van der Waals surface area contributed by atoms with Gasteiger partial charge in [-0.2, -0.15) is 0 Å². The quantitative estimate of drug-likeness (QED) is 0.632. The molecular weight excluding hydrogens is 222 g/mol. The normalized spacial score (nSPS) is 11.1. The highest BCUT2D eigenvalue weighted by Gasteiger charge is 2.11. The third-order valence-electron chi connectivity index (χ3n) is 3.30. The molecule has 0 aliphatic rings. The van der Waals surface area contributed by atoms with Crippen molar-refractivity contribution in [2.75, 3.05) is 0 Å². The van der Waals surface area contributed by atoms with Crippen molar-refractivity contribution in [2.24, 2.45) is 0 Å². The maximum absolute atomic E-state index is 5.84. The van der Waals surface area contributed by atoms with E-state index in [1.807, 2.05) is 31.2 Å². The Hall–Kier alpha value is -2.09. The molecule has 0 saturated heterocycles. The number of benzene rings is 2. The fraction of sp³-hybridized carbons (Fsp3) is 0.188. The summed E-state index contributed by atoms with van der Waals surface area (Å²) in [5.41, 5.74) is 6.27. The van der Waals surface area contributed by atoms with Crippen LogP contribution in [0.5, 0.6) is 0 Å². The molecule has 1 heterocycles. The predicted octanol–water partition coefficient (Wildman–Crippen LogP) is 4.22. The van der Waals surface area contributed by atoms with Crippen molar-refractivity contribution in [1.29, 1.82) is 0 Å². The lowest BCUT2D eigenvalue weighted by molar-refractivity contribution is 0.619. The number of nitrogens with zero attached hydrogens (tertiary/aromatic N) is 1. The van der Waals surface area contributed by atoms with E-state index in [2.05, 4.69) is 31.0 Å². The van der Waals surface area contributed by atoms with Crippen LogP contribution >= 0.6 is 0 Å². The van der Waals surface area contributed by atoms with Gasteiger partial charge in [0.05, 0.1) is 0 Å². The molecule has 0 aliphatic heterocycles. The second kappa shape index (κ2) is 3.98. The highest BCUT2D eigenvalue weighted by Crippen LogP contribution is 2.27. The van der Waals surface area contributed by atoms with Gasteiger partial charge in [-0.05, 0) is 61.7 Å². The van der Waals surface area contributed by atoms with Gasteiger partial charge < -0.3 is 4.42 Å².